The summed E-state index contributed by atoms with van der Waals surface area (Å²) < 4.78 is 48.1. The van der Waals surface area contributed by atoms with Crippen LogP contribution in [0.5, 0.6) is 0 Å². The van der Waals surface area contributed by atoms with Gasteiger partial charge in [0.2, 0.25) is 0 Å². The lowest BCUT2D eigenvalue weighted by Crippen LogP contribution is -2.63. The van der Waals surface area contributed by atoms with Crippen molar-refractivity contribution in [1.82, 2.24) is 15.0 Å². The van der Waals surface area contributed by atoms with E-state index in [1.165, 1.54) is 29.8 Å². The van der Waals surface area contributed by atoms with E-state index < -0.39 is 66.8 Å². The van der Waals surface area contributed by atoms with E-state index in [0.29, 0.717) is 14.6 Å². The van der Waals surface area contributed by atoms with Crippen LogP contribution in [0.3, 0.4) is 0 Å². The number of carbonyl (C=O) groups is 1. The Balaban J connectivity index is 1.54. The first-order valence-corrected chi connectivity index (χ1v) is 14.5. The highest BCUT2D eigenvalue weighted by Crippen LogP contribution is 2.36. The monoisotopic (exact) mass is 716 g/mol. The fourth-order valence-corrected chi connectivity index (χ4v) is 6.55. The molecule has 42 heavy (non-hydrogen) atoms. The zero-order valence-electron chi connectivity index (χ0n) is 22.4. The molecule has 15 heteroatoms. The zero-order chi connectivity index (χ0) is 30.3. The largest absolute Gasteiger partial charge is 0.394 e. The number of carbonyl (C=O) groups excluding carboxylic acids is 1. The second kappa shape index (κ2) is 12.7. The quantitative estimate of drug-likeness (QED) is 0.337. The standard InChI is InChI=1S/C27H28Br2F2N4O7/c1-12-17(30)3-13(4-18(12)31)19-8-34(33-32-19)23-24(38)22(9-36)42-26(25(23)40-2)27(39)35(20-10-41-11-21(20)37)16-6-14(28)5-15(29)7-16/h3-8,20-26,36-38H,9-11H2,1-2H3/t20-,21-,22-,23+,24+,25-,26-/m1/s1. The average Bonchev–Trinajstić information content (AvgIpc) is 3.60. The van der Waals surface area contributed by atoms with Crippen LogP contribution in [0, 0.1) is 18.6 Å². The number of amides is 1. The van der Waals surface area contributed by atoms with Crippen molar-refractivity contribution in [2.24, 2.45) is 0 Å². The lowest BCUT2D eigenvalue weighted by Gasteiger charge is -2.45. The van der Waals surface area contributed by atoms with Gasteiger partial charge in [0.25, 0.3) is 5.91 Å². The molecule has 3 N–H and O–H groups in total. The molecule has 2 aromatic carbocycles. The van der Waals surface area contributed by atoms with E-state index in [2.05, 4.69) is 42.2 Å². The van der Waals surface area contributed by atoms with Crippen LogP contribution in [0.4, 0.5) is 14.5 Å². The molecule has 11 nitrogen and oxygen atoms in total. The van der Waals surface area contributed by atoms with Gasteiger partial charge in [-0.3, -0.25) is 4.79 Å². The minimum absolute atomic E-state index is 0.0192. The molecule has 0 aliphatic carbocycles. The van der Waals surface area contributed by atoms with Crippen molar-refractivity contribution in [1.29, 1.82) is 0 Å². The van der Waals surface area contributed by atoms with E-state index >= 15 is 0 Å². The second-order valence-corrected chi connectivity index (χ2v) is 11.9. The van der Waals surface area contributed by atoms with Gasteiger partial charge in [-0.25, -0.2) is 13.5 Å². The summed E-state index contributed by atoms with van der Waals surface area (Å²) in [4.78, 5) is 15.7. The summed E-state index contributed by atoms with van der Waals surface area (Å²) in [5.74, 6) is -2.15. The summed E-state index contributed by atoms with van der Waals surface area (Å²) in [6, 6.07) is 5.51. The van der Waals surface area contributed by atoms with Crippen molar-refractivity contribution in [3.63, 3.8) is 0 Å². The third kappa shape index (κ3) is 5.88. The second-order valence-electron chi connectivity index (χ2n) is 10.1. The minimum Gasteiger partial charge on any atom is -0.394 e. The van der Waals surface area contributed by atoms with Gasteiger partial charge in [-0.15, -0.1) is 5.10 Å². The highest BCUT2D eigenvalue weighted by molar-refractivity contribution is 9.11. The van der Waals surface area contributed by atoms with Crippen LogP contribution in [0.2, 0.25) is 0 Å². The Hall–Kier alpha value is -2.37. The molecule has 7 atom stereocenters. The highest BCUT2D eigenvalue weighted by atomic mass is 79.9. The Morgan fingerprint density at radius 3 is 2.38 bits per heavy atom. The molecule has 0 spiro atoms. The molecule has 1 amide bonds. The van der Waals surface area contributed by atoms with Gasteiger partial charge < -0.3 is 34.4 Å². The maximum Gasteiger partial charge on any atom is 0.259 e. The molecule has 2 aliphatic rings. The van der Waals surface area contributed by atoms with E-state index in [1.807, 2.05) is 0 Å². The number of aliphatic hydroxyl groups is 3. The molecule has 2 aliphatic heterocycles. The Bertz CT molecular complexity index is 1420. The molecule has 0 bridgehead atoms. The molecule has 0 unspecified atom stereocenters. The smallest absolute Gasteiger partial charge is 0.259 e. The Kier molecular flexibility index (Phi) is 9.39. The first kappa shape index (κ1) is 31.1. The average molecular weight is 718 g/mol. The molecule has 0 saturated carbocycles. The number of aromatic nitrogens is 3. The predicted molar refractivity (Wildman–Crippen MR) is 152 cm³/mol. The van der Waals surface area contributed by atoms with Gasteiger partial charge in [-0.2, -0.15) is 0 Å². The van der Waals surface area contributed by atoms with Crippen molar-refractivity contribution in [3.8, 4) is 11.3 Å². The molecule has 226 valence electrons. The van der Waals surface area contributed by atoms with Crippen molar-refractivity contribution in [3.05, 3.63) is 62.7 Å². The predicted octanol–water partition coefficient (Wildman–Crippen LogP) is 2.53. The maximum absolute atomic E-state index is 14.3. The van der Waals surface area contributed by atoms with Crippen molar-refractivity contribution in [2.75, 3.05) is 31.8 Å². The first-order valence-electron chi connectivity index (χ1n) is 12.9. The summed E-state index contributed by atoms with van der Waals surface area (Å²) >= 11 is 6.86. The fourth-order valence-electron chi connectivity index (χ4n) is 5.28. The summed E-state index contributed by atoms with van der Waals surface area (Å²) in [6.07, 6.45) is -4.86. The van der Waals surface area contributed by atoms with Crippen molar-refractivity contribution >= 4 is 43.5 Å². The number of nitrogens with zero attached hydrogens (tertiary/aromatic N) is 4. The zero-order valence-corrected chi connectivity index (χ0v) is 25.6. The summed E-state index contributed by atoms with van der Waals surface area (Å²) in [5.41, 5.74) is 0.503. The Labute approximate surface area is 256 Å². The number of hydrogen-bond donors (Lipinski definition) is 3. The van der Waals surface area contributed by atoms with Crippen molar-refractivity contribution in [2.45, 2.75) is 49.5 Å². The number of aliphatic hydroxyl groups excluding tert-OH is 3. The van der Waals surface area contributed by atoms with E-state index in [1.54, 1.807) is 18.2 Å². The molecule has 3 heterocycles. The number of rotatable bonds is 7. The highest BCUT2D eigenvalue weighted by Gasteiger charge is 2.52. The van der Waals surface area contributed by atoms with Crippen LogP contribution >= 0.6 is 31.9 Å². The van der Waals surface area contributed by atoms with Gasteiger partial charge in [-0.05, 0) is 37.3 Å². The van der Waals surface area contributed by atoms with Crippen molar-refractivity contribution < 1.29 is 43.1 Å². The van der Waals surface area contributed by atoms with Crippen LogP contribution in [0.15, 0.2) is 45.5 Å². The number of halogens is 4. The fraction of sp³-hybridized carbons (Fsp3) is 0.444. The van der Waals surface area contributed by atoms with E-state index in [4.69, 9.17) is 14.2 Å². The van der Waals surface area contributed by atoms with Crippen LogP contribution in [0.25, 0.3) is 11.3 Å². The van der Waals surface area contributed by atoms with Gasteiger partial charge in [0.15, 0.2) is 6.10 Å². The van der Waals surface area contributed by atoms with Gasteiger partial charge in [0.05, 0.1) is 32.1 Å². The lowest BCUT2D eigenvalue weighted by atomic mass is 9.91. The number of ether oxygens (including phenoxy) is 3. The molecule has 1 aromatic heterocycles. The van der Waals surface area contributed by atoms with Gasteiger partial charge in [0, 0.05) is 32.9 Å². The maximum atomic E-state index is 14.3. The van der Waals surface area contributed by atoms with Crippen LogP contribution in [0.1, 0.15) is 11.6 Å². The van der Waals surface area contributed by atoms with Gasteiger partial charge in [0.1, 0.15) is 47.8 Å². The van der Waals surface area contributed by atoms with Gasteiger partial charge in [-0.1, -0.05) is 37.1 Å². The number of methoxy groups -OCH3 is 1. The number of hydrogen-bond acceptors (Lipinski definition) is 9. The van der Waals surface area contributed by atoms with Crippen LogP contribution in [-0.4, -0.2) is 99.7 Å². The van der Waals surface area contributed by atoms with E-state index in [0.717, 1.165) is 12.1 Å². The third-order valence-electron chi connectivity index (χ3n) is 7.49. The summed E-state index contributed by atoms with van der Waals surface area (Å²) in [7, 11) is 1.32. The molecule has 2 saturated heterocycles. The molecule has 3 aromatic rings. The van der Waals surface area contributed by atoms with Crippen LogP contribution < -0.4 is 4.90 Å². The Morgan fingerprint density at radius 1 is 1.14 bits per heavy atom. The summed E-state index contributed by atoms with van der Waals surface area (Å²) in [5, 5.41) is 40.1. The number of anilines is 1. The topological polar surface area (TPSA) is 139 Å². The van der Waals surface area contributed by atoms with Crippen LogP contribution in [-0.2, 0) is 19.0 Å². The number of benzene rings is 2. The molecule has 0 radical (unpaired) electrons. The minimum atomic E-state index is -1.42. The normalized spacial score (nSPS) is 27.8. The first-order chi connectivity index (χ1) is 20.0. The SMILES string of the molecule is CO[C@@H]1[C@@H](n2cc(-c3cc(F)c(C)c(F)c3)nn2)[C@@H](O)[C@@H](CO)O[C@H]1C(=O)N(c1cc(Br)cc(Br)c1)[C@@H]1COC[C@H]1O. The molecular weight excluding hydrogens is 690 g/mol. The lowest BCUT2D eigenvalue weighted by molar-refractivity contribution is -0.211. The van der Waals surface area contributed by atoms with E-state index in [-0.39, 0.29) is 30.0 Å². The third-order valence-corrected chi connectivity index (χ3v) is 8.41. The molecule has 5 rings (SSSR count). The van der Waals surface area contributed by atoms with E-state index in [9.17, 15) is 28.9 Å². The summed E-state index contributed by atoms with van der Waals surface area (Å²) in [6.45, 7) is 0.732. The Morgan fingerprint density at radius 2 is 1.81 bits per heavy atom. The van der Waals surface area contributed by atoms with Gasteiger partial charge >= 0.3 is 0 Å². The molecule has 2 fully saturated rings. The molecular formula is C27H28Br2F2N4O7.